The number of aliphatic hydroxyl groups is 1. The lowest BCUT2D eigenvalue weighted by atomic mass is 10.2. The topological polar surface area (TPSA) is 102 Å². The third-order valence-corrected chi connectivity index (χ3v) is 1.38. The van der Waals surface area contributed by atoms with E-state index in [0.29, 0.717) is 5.56 Å². The first kappa shape index (κ1) is 9.95. The van der Waals surface area contributed by atoms with Gasteiger partial charge in [0.15, 0.2) is 6.20 Å². The first-order chi connectivity index (χ1) is 6.65. The van der Waals surface area contributed by atoms with Gasteiger partial charge in [-0.3, -0.25) is 0 Å². The van der Waals surface area contributed by atoms with E-state index in [1.54, 1.807) is 0 Å². The zero-order chi connectivity index (χ0) is 10.6. The molecular weight excluding hydrogens is 186 g/mol. The molecule has 6 heteroatoms. The second kappa shape index (κ2) is 4.20. The molecule has 6 nitrogen and oxygen atoms in total. The van der Waals surface area contributed by atoms with E-state index in [4.69, 9.17) is 10.8 Å². The van der Waals surface area contributed by atoms with Crippen LogP contribution in [0.5, 0.6) is 0 Å². The Morgan fingerprint density at radius 3 is 2.93 bits per heavy atom. The summed E-state index contributed by atoms with van der Waals surface area (Å²) >= 11 is 0. The Hall–Kier alpha value is -2.13. The normalized spacial score (nSPS) is 8.93. The lowest BCUT2D eigenvalue weighted by Gasteiger charge is -1.95. The van der Waals surface area contributed by atoms with Crippen LogP contribution in [0.15, 0.2) is 12.3 Å². The van der Waals surface area contributed by atoms with Crippen LogP contribution in [-0.4, -0.2) is 21.6 Å². The molecule has 0 unspecified atom stereocenters. The predicted octanol–water partition coefficient (Wildman–Crippen LogP) is -0.0842. The minimum Gasteiger partial charge on any atom is -0.392 e. The highest BCUT2D eigenvalue weighted by atomic mass is 16.6. The maximum Gasteiger partial charge on any atom is 0.386 e. The SMILES string of the molecule is Nc1cc(C#CCO)cnc1[N+](=O)[O-]. The summed E-state index contributed by atoms with van der Waals surface area (Å²) in [6.07, 6.45) is 1.23. The van der Waals surface area contributed by atoms with E-state index in [9.17, 15) is 10.1 Å². The van der Waals surface area contributed by atoms with E-state index in [-0.39, 0.29) is 18.1 Å². The molecule has 14 heavy (non-hydrogen) atoms. The number of nitrogens with two attached hydrogens (primary N) is 1. The van der Waals surface area contributed by atoms with Gasteiger partial charge >= 0.3 is 5.82 Å². The van der Waals surface area contributed by atoms with Gasteiger partial charge in [-0.05, 0) is 16.0 Å². The average Bonchev–Trinajstić information content (AvgIpc) is 2.14. The third kappa shape index (κ3) is 2.18. The molecule has 0 fully saturated rings. The second-order valence-corrected chi connectivity index (χ2v) is 2.35. The van der Waals surface area contributed by atoms with Gasteiger partial charge in [0.25, 0.3) is 0 Å². The fourth-order valence-electron chi connectivity index (χ4n) is 0.837. The van der Waals surface area contributed by atoms with Crippen LogP contribution < -0.4 is 5.73 Å². The quantitative estimate of drug-likeness (QED) is 0.369. The van der Waals surface area contributed by atoms with E-state index in [1.165, 1.54) is 12.3 Å². The summed E-state index contributed by atoms with van der Waals surface area (Å²) in [4.78, 5) is 13.2. The number of hydrogen-bond acceptors (Lipinski definition) is 5. The lowest BCUT2D eigenvalue weighted by Crippen LogP contribution is -1.98. The number of aliphatic hydroxyl groups excluding tert-OH is 1. The summed E-state index contributed by atoms with van der Waals surface area (Å²) in [6, 6.07) is 1.34. The zero-order valence-corrected chi connectivity index (χ0v) is 7.10. The minimum absolute atomic E-state index is 0.0419. The van der Waals surface area contributed by atoms with Crippen molar-refractivity contribution in [3.8, 4) is 11.8 Å². The number of hydrogen-bond donors (Lipinski definition) is 2. The highest BCUT2D eigenvalue weighted by molar-refractivity contribution is 5.56. The van der Waals surface area contributed by atoms with Crippen molar-refractivity contribution in [3.05, 3.63) is 27.9 Å². The fraction of sp³-hybridized carbons (Fsp3) is 0.125. The van der Waals surface area contributed by atoms with E-state index >= 15 is 0 Å². The number of nitrogens with zero attached hydrogens (tertiary/aromatic N) is 2. The number of nitrogen functional groups attached to an aromatic ring is 1. The maximum absolute atomic E-state index is 10.3. The molecule has 0 bridgehead atoms. The van der Waals surface area contributed by atoms with Gasteiger partial charge in [-0.2, -0.15) is 0 Å². The first-order valence-electron chi connectivity index (χ1n) is 3.65. The molecule has 3 N–H and O–H groups in total. The smallest absolute Gasteiger partial charge is 0.386 e. The fourth-order valence-corrected chi connectivity index (χ4v) is 0.837. The van der Waals surface area contributed by atoms with Gasteiger partial charge < -0.3 is 21.0 Å². The average molecular weight is 193 g/mol. The van der Waals surface area contributed by atoms with Crippen LogP contribution in [0.4, 0.5) is 11.5 Å². The molecule has 0 saturated heterocycles. The molecule has 0 aliphatic heterocycles. The van der Waals surface area contributed by atoms with E-state index in [1.807, 2.05) is 0 Å². The molecule has 1 aromatic heterocycles. The van der Waals surface area contributed by atoms with Gasteiger partial charge in [-0.1, -0.05) is 11.8 Å². The van der Waals surface area contributed by atoms with Crippen molar-refractivity contribution in [2.24, 2.45) is 0 Å². The molecule has 1 heterocycles. The van der Waals surface area contributed by atoms with Crippen molar-refractivity contribution in [2.45, 2.75) is 0 Å². The first-order valence-corrected chi connectivity index (χ1v) is 3.65. The van der Waals surface area contributed by atoms with Gasteiger partial charge in [0, 0.05) is 0 Å². The highest BCUT2D eigenvalue weighted by Crippen LogP contribution is 2.17. The van der Waals surface area contributed by atoms with Crippen molar-refractivity contribution < 1.29 is 10.0 Å². The van der Waals surface area contributed by atoms with Crippen molar-refractivity contribution in [2.75, 3.05) is 12.3 Å². The van der Waals surface area contributed by atoms with Crippen LogP contribution in [-0.2, 0) is 0 Å². The number of aromatic nitrogens is 1. The number of nitro groups is 1. The molecule has 0 atom stereocenters. The Morgan fingerprint density at radius 2 is 2.43 bits per heavy atom. The predicted molar refractivity (Wildman–Crippen MR) is 49.3 cm³/mol. The zero-order valence-electron chi connectivity index (χ0n) is 7.10. The van der Waals surface area contributed by atoms with Crippen LogP contribution in [0.3, 0.4) is 0 Å². The molecule has 0 radical (unpaired) electrons. The lowest BCUT2D eigenvalue weighted by molar-refractivity contribution is -0.388. The Balaban J connectivity index is 3.06. The molecule has 0 aliphatic carbocycles. The standard InChI is InChI=1S/C8H7N3O3/c9-7-4-6(2-1-3-12)5-10-8(7)11(13)14/h4-5,12H,3,9H2. The molecule has 0 aromatic carbocycles. The summed E-state index contributed by atoms with van der Waals surface area (Å²) in [6.45, 7) is -0.281. The van der Waals surface area contributed by atoms with Gasteiger partial charge in [-0.15, -0.1) is 0 Å². The monoisotopic (exact) mass is 193 g/mol. The molecule has 0 saturated carbocycles. The maximum atomic E-state index is 10.3. The van der Waals surface area contributed by atoms with E-state index in [2.05, 4.69) is 16.8 Å². The van der Waals surface area contributed by atoms with Crippen LogP contribution in [0.2, 0.25) is 0 Å². The van der Waals surface area contributed by atoms with Gasteiger partial charge in [-0.25, -0.2) is 0 Å². The molecule has 1 aromatic rings. The van der Waals surface area contributed by atoms with Crippen LogP contribution >= 0.6 is 0 Å². The molecule has 0 aliphatic rings. The van der Waals surface area contributed by atoms with Crippen molar-refractivity contribution >= 4 is 11.5 Å². The second-order valence-electron chi connectivity index (χ2n) is 2.35. The minimum atomic E-state index is -0.668. The summed E-state index contributed by atoms with van der Waals surface area (Å²) < 4.78 is 0. The molecule has 0 spiro atoms. The Kier molecular flexibility index (Phi) is 2.99. The largest absolute Gasteiger partial charge is 0.392 e. The number of rotatable bonds is 1. The van der Waals surface area contributed by atoms with Crippen LogP contribution in [0.1, 0.15) is 5.56 Å². The van der Waals surface area contributed by atoms with Crippen molar-refractivity contribution in [1.29, 1.82) is 0 Å². The highest BCUT2D eigenvalue weighted by Gasteiger charge is 2.12. The van der Waals surface area contributed by atoms with Crippen molar-refractivity contribution in [1.82, 2.24) is 4.98 Å². The molecular formula is C8H7N3O3. The Labute approximate surface area is 79.5 Å². The Morgan fingerprint density at radius 1 is 1.71 bits per heavy atom. The number of anilines is 1. The van der Waals surface area contributed by atoms with Gasteiger partial charge in [0.1, 0.15) is 12.3 Å². The molecule has 1 rings (SSSR count). The summed E-state index contributed by atoms with van der Waals surface area (Å²) in [5, 5.41) is 18.7. The summed E-state index contributed by atoms with van der Waals surface area (Å²) in [7, 11) is 0. The Bertz CT molecular complexity index is 420. The van der Waals surface area contributed by atoms with Gasteiger partial charge in [0.05, 0.1) is 5.56 Å². The summed E-state index contributed by atoms with van der Waals surface area (Å²) in [5.74, 6) is 4.53. The van der Waals surface area contributed by atoms with E-state index < -0.39 is 4.92 Å². The molecule has 0 amide bonds. The van der Waals surface area contributed by atoms with E-state index in [0.717, 1.165) is 0 Å². The third-order valence-electron chi connectivity index (χ3n) is 1.38. The van der Waals surface area contributed by atoms with Crippen molar-refractivity contribution in [3.63, 3.8) is 0 Å². The summed E-state index contributed by atoms with van der Waals surface area (Å²) in [5.41, 5.74) is 5.75. The number of pyridine rings is 1. The van der Waals surface area contributed by atoms with Gasteiger partial charge in [0.2, 0.25) is 0 Å². The molecule has 72 valence electrons. The van der Waals surface area contributed by atoms with Crippen LogP contribution in [0.25, 0.3) is 0 Å². The van der Waals surface area contributed by atoms with Crippen LogP contribution in [0, 0.1) is 22.0 Å².